The van der Waals surface area contributed by atoms with Crippen LogP contribution in [0.1, 0.15) is 12.5 Å². The van der Waals surface area contributed by atoms with Gasteiger partial charge in [0.1, 0.15) is 0 Å². The summed E-state index contributed by atoms with van der Waals surface area (Å²) in [5.41, 5.74) is 1.84. The Hall–Kier alpha value is -2.13. The predicted octanol–water partition coefficient (Wildman–Crippen LogP) is 2.47. The number of aromatic nitrogens is 2. The van der Waals surface area contributed by atoms with E-state index in [-0.39, 0.29) is 24.1 Å². The number of carbonyl (C=O) groups is 2. The Bertz CT molecular complexity index is 718. The van der Waals surface area contributed by atoms with Crippen LogP contribution in [0.4, 0.5) is 10.8 Å². The zero-order chi connectivity index (χ0) is 18.2. The van der Waals surface area contributed by atoms with Crippen molar-refractivity contribution < 1.29 is 9.59 Å². The number of thioether (sulfide) groups is 1. The molecule has 1 aromatic heterocycles. The number of benzene rings is 1. The number of amides is 2. The highest BCUT2D eigenvalue weighted by Gasteiger charge is 2.15. The lowest BCUT2D eigenvalue weighted by atomic mass is 10.2. The van der Waals surface area contributed by atoms with Crippen LogP contribution < -0.4 is 10.6 Å². The van der Waals surface area contributed by atoms with Crippen LogP contribution in [0.3, 0.4) is 0 Å². The molecule has 2 rings (SSSR count). The Morgan fingerprint density at radius 3 is 2.64 bits per heavy atom. The van der Waals surface area contributed by atoms with Crippen molar-refractivity contribution in [2.24, 2.45) is 0 Å². The van der Waals surface area contributed by atoms with Gasteiger partial charge in [-0.15, -0.1) is 10.2 Å². The normalized spacial score (nSPS) is 10.4. The first-order valence-electron chi connectivity index (χ1n) is 7.78. The Labute approximate surface area is 155 Å². The molecule has 1 heterocycles. The largest absolute Gasteiger partial charge is 0.360 e. The molecule has 0 saturated heterocycles. The monoisotopic (exact) mass is 379 g/mol. The summed E-state index contributed by atoms with van der Waals surface area (Å²) in [6.07, 6.45) is 0. The molecule has 0 atom stereocenters. The number of anilines is 2. The molecule has 9 heteroatoms. The van der Waals surface area contributed by atoms with Gasteiger partial charge in [0.15, 0.2) is 4.34 Å². The molecule has 134 valence electrons. The summed E-state index contributed by atoms with van der Waals surface area (Å²) in [5.74, 6) is -0.144. The zero-order valence-corrected chi connectivity index (χ0v) is 16.0. The lowest BCUT2D eigenvalue weighted by molar-refractivity contribution is -0.131. The van der Waals surface area contributed by atoms with Crippen molar-refractivity contribution >= 4 is 45.7 Å². The van der Waals surface area contributed by atoms with Crippen molar-refractivity contribution in [2.75, 3.05) is 36.5 Å². The average Bonchev–Trinajstić information content (AvgIpc) is 3.02. The molecule has 2 N–H and O–H groups in total. The molecule has 0 fully saturated rings. The third-order valence-corrected chi connectivity index (χ3v) is 5.19. The van der Waals surface area contributed by atoms with Crippen LogP contribution in [0, 0.1) is 6.92 Å². The molecular weight excluding hydrogens is 358 g/mol. The van der Waals surface area contributed by atoms with E-state index in [1.807, 2.05) is 38.1 Å². The van der Waals surface area contributed by atoms with E-state index in [9.17, 15) is 9.59 Å². The average molecular weight is 380 g/mol. The highest BCUT2D eigenvalue weighted by atomic mass is 32.2. The van der Waals surface area contributed by atoms with Gasteiger partial charge in [0.25, 0.3) is 0 Å². The maximum absolute atomic E-state index is 12.1. The molecule has 0 bridgehead atoms. The summed E-state index contributed by atoms with van der Waals surface area (Å²) in [5, 5.41) is 14.6. The van der Waals surface area contributed by atoms with Crippen LogP contribution in [-0.4, -0.2) is 52.8 Å². The number of aryl methyl sites for hydroxylation is 1. The Balaban J connectivity index is 1.76. The van der Waals surface area contributed by atoms with E-state index in [4.69, 9.17) is 0 Å². The van der Waals surface area contributed by atoms with Gasteiger partial charge in [-0.1, -0.05) is 40.8 Å². The van der Waals surface area contributed by atoms with Crippen LogP contribution >= 0.6 is 23.1 Å². The van der Waals surface area contributed by atoms with Crippen LogP contribution in [-0.2, 0) is 9.59 Å². The van der Waals surface area contributed by atoms with E-state index in [1.54, 1.807) is 7.05 Å². The number of rotatable bonds is 8. The maximum atomic E-state index is 12.1. The molecule has 25 heavy (non-hydrogen) atoms. The smallest absolute Gasteiger partial charge is 0.243 e. The zero-order valence-electron chi connectivity index (χ0n) is 14.4. The second kappa shape index (κ2) is 9.38. The highest BCUT2D eigenvalue weighted by molar-refractivity contribution is 8.01. The van der Waals surface area contributed by atoms with E-state index in [0.717, 1.165) is 27.3 Å². The first kappa shape index (κ1) is 19.2. The summed E-state index contributed by atoms with van der Waals surface area (Å²) < 4.78 is 0.724. The van der Waals surface area contributed by atoms with Crippen molar-refractivity contribution in [3.8, 4) is 0 Å². The molecule has 0 spiro atoms. The summed E-state index contributed by atoms with van der Waals surface area (Å²) in [7, 11) is 1.61. The van der Waals surface area contributed by atoms with Gasteiger partial charge >= 0.3 is 0 Å². The molecule has 2 aromatic rings. The number of hydrogen-bond acceptors (Lipinski definition) is 7. The Morgan fingerprint density at radius 2 is 1.96 bits per heavy atom. The fourth-order valence-electron chi connectivity index (χ4n) is 1.87. The lowest BCUT2D eigenvalue weighted by Crippen LogP contribution is -2.35. The third kappa shape index (κ3) is 6.35. The maximum Gasteiger partial charge on any atom is 0.243 e. The number of carbonyl (C=O) groups excluding carboxylic acids is 2. The SMILES string of the molecule is CCNc1nnc(SCC(=O)N(C)CC(=O)Nc2ccc(C)cc2)s1. The lowest BCUT2D eigenvalue weighted by Gasteiger charge is -2.16. The first-order valence-corrected chi connectivity index (χ1v) is 9.58. The number of likely N-dealkylation sites (N-methyl/N-ethyl adjacent to an activating group) is 1. The quantitative estimate of drug-likeness (QED) is 0.685. The van der Waals surface area contributed by atoms with Gasteiger partial charge in [0.2, 0.25) is 16.9 Å². The van der Waals surface area contributed by atoms with Crippen LogP contribution in [0.2, 0.25) is 0 Å². The fourth-order valence-corrected chi connectivity index (χ4v) is 3.63. The number of nitrogens with one attached hydrogen (secondary N) is 2. The summed E-state index contributed by atoms with van der Waals surface area (Å²) >= 11 is 2.73. The summed E-state index contributed by atoms with van der Waals surface area (Å²) in [6, 6.07) is 7.51. The summed E-state index contributed by atoms with van der Waals surface area (Å²) in [4.78, 5) is 25.6. The number of hydrogen-bond donors (Lipinski definition) is 2. The fraction of sp³-hybridized carbons (Fsp3) is 0.375. The predicted molar refractivity (Wildman–Crippen MR) is 102 cm³/mol. The minimum absolute atomic E-state index is 0.00598. The van der Waals surface area contributed by atoms with E-state index in [2.05, 4.69) is 20.8 Å². The summed E-state index contributed by atoms with van der Waals surface area (Å²) in [6.45, 7) is 4.74. The van der Waals surface area contributed by atoms with Crippen LogP contribution in [0.15, 0.2) is 28.6 Å². The molecule has 2 amide bonds. The van der Waals surface area contributed by atoms with Crippen molar-refractivity contribution in [1.29, 1.82) is 0 Å². The molecule has 0 aliphatic rings. The minimum Gasteiger partial charge on any atom is -0.360 e. The van der Waals surface area contributed by atoms with Gasteiger partial charge in [-0.25, -0.2) is 0 Å². The molecule has 0 aliphatic heterocycles. The van der Waals surface area contributed by atoms with Gasteiger partial charge in [-0.05, 0) is 26.0 Å². The second-order valence-corrected chi connectivity index (χ2v) is 7.56. The Morgan fingerprint density at radius 1 is 1.24 bits per heavy atom. The Kier molecular flexibility index (Phi) is 7.20. The van der Waals surface area contributed by atoms with Crippen LogP contribution in [0.5, 0.6) is 0 Å². The van der Waals surface area contributed by atoms with Gasteiger partial charge in [0, 0.05) is 19.3 Å². The van der Waals surface area contributed by atoms with Gasteiger partial charge in [0.05, 0.1) is 12.3 Å². The topological polar surface area (TPSA) is 87.2 Å². The molecule has 0 radical (unpaired) electrons. The molecular formula is C16H21N5O2S2. The van der Waals surface area contributed by atoms with Crippen molar-refractivity contribution in [1.82, 2.24) is 15.1 Å². The standard InChI is InChI=1S/C16H21N5O2S2/c1-4-17-15-19-20-16(25-15)24-10-14(23)21(3)9-13(22)18-12-7-5-11(2)6-8-12/h5-8H,4,9-10H2,1-3H3,(H,17,19)(H,18,22). The van der Waals surface area contributed by atoms with E-state index in [1.165, 1.54) is 28.0 Å². The van der Waals surface area contributed by atoms with Crippen molar-refractivity contribution in [2.45, 2.75) is 18.2 Å². The number of nitrogens with zero attached hydrogens (tertiary/aromatic N) is 3. The van der Waals surface area contributed by atoms with E-state index < -0.39 is 0 Å². The van der Waals surface area contributed by atoms with Crippen molar-refractivity contribution in [3.05, 3.63) is 29.8 Å². The van der Waals surface area contributed by atoms with E-state index >= 15 is 0 Å². The second-order valence-electron chi connectivity index (χ2n) is 5.36. The molecule has 0 unspecified atom stereocenters. The van der Waals surface area contributed by atoms with Crippen molar-refractivity contribution in [3.63, 3.8) is 0 Å². The van der Waals surface area contributed by atoms with Gasteiger partial charge in [-0.2, -0.15) is 0 Å². The first-order chi connectivity index (χ1) is 12.0. The van der Waals surface area contributed by atoms with E-state index in [0.29, 0.717) is 0 Å². The third-order valence-electron chi connectivity index (χ3n) is 3.20. The van der Waals surface area contributed by atoms with Gasteiger partial charge < -0.3 is 15.5 Å². The van der Waals surface area contributed by atoms with Gasteiger partial charge in [-0.3, -0.25) is 9.59 Å². The highest BCUT2D eigenvalue weighted by Crippen LogP contribution is 2.25. The van der Waals surface area contributed by atoms with Crippen LogP contribution in [0.25, 0.3) is 0 Å². The molecule has 0 aliphatic carbocycles. The molecule has 7 nitrogen and oxygen atoms in total. The minimum atomic E-state index is -0.227. The molecule has 0 saturated carbocycles. The molecule has 1 aromatic carbocycles.